The molecule has 9 heteroatoms. The molecule has 32 heavy (non-hydrogen) atoms. The lowest BCUT2D eigenvalue weighted by atomic mass is 10.2. The molecule has 1 aliphatic rings. The van der Waals surface area contributed by atoms with Gasteiger partial charge in [-0.1, -0.05) is 23.7 Å². The predicted octanol–water partition coefficient (Wildman–Crippen LogP) is 3.93. The van der Waals surface area contributed by atoms with Crippen molar-refractivity contribution >= 4 is 43.5 Å². The molecule has 0 radical (unpaired) electrons. The van der Waals surface area contributed by atoms with Crippen LogP contribution in [0.25, 0.3) is 22.1 Å². The van der Waals surface area contributed by atoms with Gasteiger partial charge in [-0.05, 0) is 56.0 Å². The lowest BCUT2D eigenvalue weighted by Gasteiger charge is -2.10. The van der Waals surface area contributed by atoms with Gasteiger partial charge in [0.1, 0.15) is 15.7 Å². The van der Waals surface area contributed by atoms with Crippen molar-refractivity contribution in [1.82, 2.24) is 18.7 Å². The van der Waals surface area contributed by atoms with Crippen LogP contribution in [0.3, 0.4) is 0 Å². The first-order chi connectivity index (χ1) is 15.2. The lowest BCUT2D eigenvalue weighted by molar-refractivity contribution is 0.584. The first-order valence-electron chi connectivity index (χ1n) is 10.8. The third-order valence-electron chi connectivity index (χ3n) is 6.08. The Morgan fingerprint density at radius 1 is 1.12 bits per heavy atom. The highest BCUT2D eigenvalue weighted by molar-refractivity contribution is 7.90. The Balaban J connectivity index is 1.62. The van der Waals surface area contributed by atoms with Gasteiger partial charge in [-0.2, -0.15) is 0 Å². The molecule has 4 aromatic rings. The summed E-state index contributed by atoms with van der Waals surface area (Å²) in [7, 11) is -3.06. The van der Waals surface area contributed by atoms with E-state index in [1.807, 2.05) is 40.3 Å². The zero-order valence-corrected chi connectivity index (χ0v) is 19.7. The number of imidazole rings is 2. The van der Waals surface area contributed by atoms with E-state index >= 15 is 0 Å². The number of para-hydroxylation sites is 1. The van der Waals surface area contributed by atoms with Crippen LogP contribution in [0.2, 0.25) is 5.02 Å². The third-order valence-corrected chi connectivity index (χ3v) is 7.35. The van der Waals surface area contributed by atoms with Crippen molar-refractivity contribution in [3.8, 4) is 0 Å². The Kier molecular flexibility index (Phi) is 5.17. The summed E-state index contributed by atoms with van der Waals surface area (Å²) in [5.41, 5.74) is 4.57. The molecular weight excluding hydrogens is 448 g/mol. The van der Waals surface area contributed by atoms with Crippen LogP contribution in [-0.4, -0.2) is 39.1 Å². The van der Waals surface area contributed by atoms with Gasteiger partial charge in [0.15, 0.2) is 0 Å². The number of sulfone groups is 1. The predicted molar refractivity (Wildman–Crippen MR) is 127 cm³/mol. The Hall–Kier alpha value is -2.58. The number of benzene rings is 2. The summed E-state index contributed by atoms with van der Waals surface area (Å²) in [6, 6.07) is 11.8. The molecule has 0 atom stereocenters. The number of fused-ring (bicyclic) bond motifs is 2. The van der Waals surface area contributed by atoms with Gasteiger partial charge in [0, 0.05) is 23.9 Å². The number of rotatable bonds is 7. The Labute approximate surface area is 191 Å². The van der Waals surface area contributed by atoms with Crippen molar-refractivity contribution in [3.63, 3.8) is 0 Å². The second-order valence-corrected chi connectivity index (χ2v) is 11.4. The maximum Gasteiger partial charge on any atom is 0.329 e. The Morgan fingerprint density at radius 3 is 2.62 bits per heavy atom. The maximum atomic E-state index is 13.4. The third kappa shape index (κ3) is 3.86. The van der Waals surface area contributed by atoms with Crippen LogP contribution < -0.4 is 5.69 Å². The number of halogens is 1. The number of aryl methyl sites for hydroxylation is 2. The normalized spacial score (nSPS) is 14.6. The molecule has 1 saturated carbocycles. The van der Waals surface area contributed by atoms with Gasteiger partial charge in [0.05, 0.1) is 34.4 Å². The van der Waals surface area contributed by atoms with Crippen LogP contribution in [0.5, 0.6) is 0 Å². The van der Waals surface area contributed by atoms with Gasteiger partial charge in [0.2, 0.25) is 0 Å². The van der Waals surface area contributed by atoms with Gasteiger partial charge in [-0.25, -0.2) is 18.2 Å². The van der Waals surface area contributed by atoms with E-state index in [1.54, 1.807) is 16.7 Å². The molecular formula is C23H25ClN4O3S. The first-order valence-corrected chi connectivity index (χ1v) is 13.2. The van der Waals surface area contributed by atoms with Crippen LogP contribution in [0.15, 0.2) is 41.2 Å². The van der Waals surface area contributed by atoms with Gasteiger partial charge in [-0.15, -0.1) is 0 Å². The minimum atomic E-state index is -3.06. The monoisotopic (exact) mass is 472 g/mol. The standard InChI is InChI=1S/C23H25ClN4O3S/c1-15-5-3-6-20-22(15)28(17-8-9-17)23(29)27(20)14-21-25-18-13-16(24)7-10-19(18)26(21)11-4-12-32(2,30)31/h3,5-7,10,13,17H,4,8-9,11-12,14H2,1-2H3. The molecule has 0 amide bonds. The van der Waals surface area contributed by atoms with Crippen molar-refractivity contribution in [2.45, 2.75) is 45.3 Å². The van der Waals surface area contributed by atoms with Gasteiger partial charge in [0.25, 0.3) is 0 Å². The van der Waals surface area contributed by atoms with Gasteiger partial charge in [-0.3, -0.25) is 9.13 Å². The highest BCUT2D eigenvalue weighted by atomic mass is 35.5. The molecule has 2 aromatic carbocycles. The van der Waals surface area contributed by atoms with Crippen LogP contribution >= 0.6 is 11.6 Å². The van der Waals surface area contributed by atoms with Gasteiger partial charge < -0.3 is 4.57 Å². The summed E-state index contributed by atoms with van der Waals surface area (Å²) >= 11 is 6.18. The highest BCUT2D eigenvalue weighted by Gasteiger charge is 2.30. The van der Waals surface area contributed by atoms with Crippen molar-refractivity contribution in [2.24, 2.45) is 0 Å². The van der Waals surface area contributed by atoms with Crippen LogP contribution in [0, 0.1) is 6.92 Å². The van der Waals surface area contributed by atoms with E-state index in [2.05, 4.69) is 0 Å². The van der Waals surface area contributed by atoms with E-state index in [0.717, 1.165) is 40.5 Å². The van der Waals surface area contributed by atoms with E-state index in [1.165, 1.54) is 6.26 Å². The minimum absolute atomic E-state index is 0.0235. The zero-order chi connectivity index (χ0) is 22.6. The highest BCUT2D eigenvalue weighted by Crippen LogP contribution is 2.37. The largest absolute Gasteiger partial charge is 0.329 e. The summed E-state index contributed by atoms with van der Waals surface area (Å²) in [5, 5.41) is 0.586. The molecule has 1 aliphatic carbocycles. The van der Waals surface area contributed by atoms with Crippen LogP contribution in [0.4, 0.5) is 0 Å². The summed E-state index contributed by atoms with van der Waals surface area (Å²) in [6.07, 6.45) is 3.76. The smallest absolute Gasteiger partial charge is 0.326 e. The van der Waals surface area contributed by atoms with Crippen molar-refractivity contribution in [2.75, 3.05) is 12.0 Å². The summed E-state index contributed by atoms with van der Waals surface area (Å²) in [6.45, 7) is 2.84. The molecule has 0 saturated heterocycles. The van der Waals surface area contributed by atoms with E-state index < -0.39 is 9.84 Å². The van der Waals surface area contributed by atoms with Crippen molar-refractivity contribution in [1.29, 1.82) is 0 Å². The van der Waals surface area contributed by atoms with E-state index in [9.17, 15) is 13.2 Å². The second-order valence-electron chi connectivity index (χ2n) is 8.71. The Morgan fingerprint density at radius 2 is 1.91 bits per heavy atom. The van der Waals surface area contributed by atoms with E-state index in [4.69, 9.17) is 16.6 Å². The first kappa shape index (κ1) is 21.3. The summed E-state index contributed by atoms with van der Waals surface area (Å²) in [5.74, 6) is 0.814. The fourth-order valence-corrected chi connectivity index (χ4v) is 5.30. The van der Waals surface area contributed by atoms with E-state index in [0.29, 0.717) is 30.4 Å². The number of aromatic nitrogens is 4. The topological polar surface area (TPSA) is 78.9 Å². The van der Waals surface area contributed by atoms with E-state index in [-0.39, 0.29) is 17.5 Å². The Bertz CT molecular complexity index is 1510. The zero-order valence-electron chi connectivity index (χ0n) is 18.1. The molecule has 0 N–H and O–H groups in total. The molecule has 2 aromatic heterocycles. The summed E-state index contributed by atoms with van der Waals surface area (Å²) in [4.78, 5) is 18.2. The number of hydrogen-bond donors (Lipinski definition) is 0. The molecule has 0 unspecified atom stereocenters. The average Bonchev–Trinajstić information content (AvgIpc) is 3.44. The number of hydrogen-bond acceptors (Lipinski definition) is 4. The molecule has 7 nitrogen and oxygen atoms in total. The SMILES string of the molecule is Cc1cccc2c1n(C1CC1)c(=O)n2Cc1nc2cc(Cl)ccc2n1CCCS(C)(=O)=O. The molecule has 2 heterocycles. The van der Waals surface area contributed by atoms with Crippen LogP contribution in [-0.2, 0) is 22.9 Å². The maximum absolute atomic E-state index is 13.4. The van der Waals surface area contributed by atoms with Gasteiger partial charge >= 0.3 is 5.69 Å². The number of nitrogens with zero attached hydrogens (tertiary/aromatic N) is 4. The molecule has 0 spiro atoms. The summed E-state index contributed by atoms with van der Waals surface area (Å²) < 4.78 is 29.0. The van der Waals surface area contributed by atoms with Crippen molar-refractivity contribution < 1.29 is 8.42 Å². The fraction of sp³-hybridized carbons (Fsp3) is 0.391. The molecule has 5 rings (SSSR count). The lowest BCUT2D eigenvalue weighted by Crippen LogP contribution is -2.25. The van der Waals surface area contributed by atoms with Crippen molar-refractivity contribution in [3.05, 3.63) is 63.3 Å². The molecule has 0 aliphatic heterocycles. The fourth-order valence-electron chi connectivity index (χ4n) is 4.48. The molecule has 1 fully saturated rings. The molecule has 0 bridgehead atoms. The average molecular weight is 473 g/mol. The molecule has 168 valence electrons. The minimum Gasteiger partial charge on any atom is -0.326 e. The van der Waals surface area contributed by atoms with Crippen LogP contribution in [0.1, 0.15) is 36.7 Å². The second kappa shape index (κ2) is 7.78. The quantitative estimate of drug-likeness (QED) is 0.408.